The Labute approximate surface area is 138 Å². The topological polar surface area (TPSA) is 69.2 Å². The molecule has 0 aromatic heterocycles. The summed E-state index contributed by atoms with van der Waals surface area (Å²) >= 11 is 0. The zero-order valence-electron chi connectivity index (χ0n) is 12.8. The third-order valence-corrected chi connectivity index (χ3v) is 4.33. The summed E-state index contributed by atoms with van der Waals surface area (Å²) in [5, 5.41) is 15.1. The first-order chi connectivity index (χ1) is 11.6. The van der Waals surface area contributed by atoms with Crippen molar-refractivity contribution >= 4 is 32.9 Å². The molecule has 0 atom stereocenters. The van der Waals surface area contributed by atoms with Gasteiger partial charge in [0.2, 0.25) is 0 Å². The molecular formula is C20H14N2O2. The van der Waals surface area contributed by atoms with E-state index >= 15 is 0 Å². The molecule has 4 heteroatoms. The van der Waals surface area contributed by atoms with Crippen LogP contribution in [0.2, 0.25) is 0 Å². The molecule has 0 heterocycles. The highest BCUT2D eigenvalue weighted by Crippen LogP contribution is 2.36. The Morgan fingerprint density at radius 2 is 1.54 bits per heavy atom. The van der Waals surface area contributed by atoms with Crippen molar-refractivity contribution in [3.05, 3.63) is 82.9 Å². The minimum absolute atomic E-state index is 0.0870. The second-order valence-electron chi connectivity index (χ2n) is 5.72. The maximum absolute atomic E-state index is 10.8. The highest BCUT2D eigenvalue weighted by atomic mass is 16.6. The van der Waals surface area contributed by atoms with Gasteiger partial charge in [-0.2, -0.15) is 0 Å². The molecular weight excluding hydrogens is 300 g/mol. The van der Waals surface area contributed by atoms with Crippen LogP contribution in [0.3, 0.4) is 0 Å². The van der Waals surface area contributed by atoms with Crippen LogP contribution in [0.1, 0.15) is 0 Å². The Kier molecular flexibility index (Phi) is 3.17. The highest BCUT2D eigenvalue weighted by Gasteiger charge is 2.11. The molecule has 0 radical (unpaired) electrons. The van der Waals surface area contributed by atoms with Crippen LogP contribution in [-0.4, -0.2) is 4.92 Å². The standard InChI is InChI=1S/C20H14N2O2/c21-19-12-11-16(14-5-8-15(9-6-14)22(23)24)18-10-7-13-3-1-2-4-17(13)20(18)19/h1-12H,21H2. The summed E-state index contributed by atoms with van der Waals surface area (Å²) in [6, 6.07) is 22.7. The number of nitrogen functional groups attached to an aromatic ring is 1. The minimum Gasteiger partial charge on any atom is -0.398 e. The van der Waals surface area contributed by atoms with E-state index < -0.39 is 4.92 Å². The number of benzene rings is 4. The number of nitro groups is 1. The molecule has 0 aliphatic carbocycles. The van der Waals surface area contributed by atoms with Crippen LogP contribution in [0.5, 0.6) is 0 Å². The average Bonchev–Trinajstić information content (AvgIpc) is 2.62. The van der Waals surface area contributed by atoms with E-state index in [0.29, 0.717) is 0 Å². The van der Waals surface area contributed by atoms with Crippen molar-refractivity contribution in [2.24, 2.45) is 0 Å². The van der Waals surface area contributed by atoms with Crippen molar-refractivity contribution in [2.75, 3.05) is 5.73 Å². The van der Waals surface area contributed by atoms with E-state index in [9.17, 15) is 10.1 Å². The number of nitrogens with two attached hydrogens (primary N) is 1. The van der Waals surface area contributed by atoms with Gasteiger partial charge >= 0.3 is 0 Å². The van der Waals surface area contributed by atoms with Gasteiger partial charge in [-0.05, 0) is 45.5 Å². The number of nitrogens with zero attached hydrogens (tertiary/aromatic N) is 1. The first-order valence-electron chi connectivity index (χ1n) is 7.60. The maximum Gasteiger partial charge on any atom is 0.269 e. The van der Waals surface area contributed by atoms with E-state index in [2.05, 4.69) is 24.3 Å². The van der Waals surface area contributed by atoms with Gasteiger partial charge in [0.05, 0.1) is 4.92 Å². The minimum atomic E-state index is -0.390. The summed E-state index contributed by atoms with van der Waals surface area (Å²) in [6.45, 7) is 0. The summed E-state index contributed by atoms with van der Waals surface area (Å²) in [6.07, 6.45) is 0. The highest BCUT2D eigenvalue weighted by molar-refractivity contribution is 6.17. The predicted octanol–water partition coefficient (Wildman–Crippen LogP) is 5.15. The van der Waals surface area contributed by atoms with Gasteiger partial charge in [-0.1, -0.05) is 42.5 Å². The lowest BCUT2D eigenvalue weighted by Crippen LogP contribution is -1.91. The first kappa shape index (κ1) is 14.2. The molecule has 0 spiro atoms. The number of fused-ring (bicyclic) bond motifs is 3. The Morgan fingerprint density at radius 3 is 2.29 bits per heavy atom. The maximum atomic E-state index is 10.8. The lowest BCUT2D eigenvalue weighted by molar-refractivity contribution is -0.384. The molecule has 24 heavy (non-hydrogen) atoms. The van der Waals surface area contributed by atoms with Crippen LogP contribution in [0, 0.1) is 10.1 Å². The molecule has 0 amide bonds. The first-order valence-corrected chi connectivity index (χ1v) is 7.60. The smallest absolute Gasteiger partial charge is 0.269 e. The van der Waals surface area contributed by atoms with Gasteiger partial charge < -0.3 is 5.73 Å². The van der Waals surface area contributed by atoms with E-state index in [-0.39, 0.29) is 5.69 Å². The monoisotopic (exact) mass is 314 g/mol. The second kappa shape index (κ2) is 5.35. The number of rotatable bonds is 2. The van der Waals surface area contributed by atoms with Crippen LogP contribution in [0.15, 0.2) is 72.8 Å². The van der Waals surface area contributed by atoms with E-state index in [4.69, 9.17) is 5.73 Å². The van der Waals surface area contributed by atoms with Crippen LogP contribution < -0.4 is 5.73 Å². The summed E-state index contributed by atoms with van der Waals surface area (Å²) in [5.41, 5.74) is 9.01. The van der Waals surface area contributed by atoms with Crippen molar-refractivity contribution < 1.29 is 4.92 Å². The van der Waals surface area contributed by atoms with Crippen LogP contribution in [0.4, 0.5) is 11.4 Å². The summed E-state index contributed by atoms with van der Waals surface area (Å²) in [5.74, 6) is 0. The van der Waals surface area contributed by atoms with Crippen molar-refractivity contribution in [1.29, 1.82) is 0 Å². The molecule has 4 rings (SSSR count). The molecule has 0 fully saturated rings. The van der Waals surface area contributed by atoms with Crippen molar-refractivity contribution in [2.45, 2.75) is 0 Å². The summed E-state index contributed by atoms with van der Waals surface area (Å²) in [4.78, 5) is 10.5. The number of hydrogen-bond acceptors (Lipinski definition) is 3. The molecule has 4 nitrogen and oxygen atoms in total. The van der Waals surface area contributed by atoms with Crippen molar-refractivity contribution in [3.63, 3.8) is 0 Å². The quantitative estimate of drug-likeness (QED) is 0.241. The SMILES string of the molecule is Nc1ccc(-c2ccc([N+](=O)[O-])cc2)c2ccc3ccccc3c12. The molecule has 0 aliphatic rings. The normalized spacial score (nSPS) is 11.0. The fourth-order valence-electron chi connectivity index (χ4n) is 3.17. The van der Waals surface area contributed by atoms with Gasteiger partial charge in [0.25, 0.3) is 5.69 Å². The number of non-ortho nitro benzene ring substituents is 1. The Hall–Kier alpha value is -3.40. The van der Waals surface area contributed by atoms with Gasteiger partial charge in [-0.3, -0.25) is 10.1 Å². The Bertz CT molecular complexity index is 1090. The third-order valence-electron chi connectivity index (χ3n) is 4.33. The van der Waals surface area contributed by atoms with Crippen molar-refractivity contribution in [1.82, 2.24) is 0 Å². The molecule has 4 aromatic carbocycles. The molecule has 0 saturated heterocycles. The number of nitro benzene ring substituents is 1. The lowest BCUT2D eigenvalue weighted by atomic mass is 9.93. The van der Waals surface area contributed by atoms with Gasteiger partial charge in [-0.15, -0.1) is 0 Å². The fraction of sp³-hybridized carbons (Fsp3) is 0. The largest absolute Gasteiger partial charge is 0.398 e. The molecule has 2 N–H and O–H groups in total. The summed E-state index contributed by atoms with van der Waals surface area (Å²) < 4.78 is 0. The predicted molar refractivity (Wildman–Crippen MR) is 98.0 cm³/mol. The zero-order chi connectivity index (χ0) is 16.7. The van der Waals surface area contributed by atoms with Crippen LogP contribution in [-0.2, 0) is 0 Å². The Morgan fingerprint density at radius 1 is 0.792 bits per heavy atom. The lowest BCUT2D eigenvalue weighted by Gasteiger charge is -2.12. The third kappa shape index (κ3) is 2.16. The van der Waals surface area contributed by atoms with E-state index in [1.54, 1.807) is 12.1 Å². The average molecular weight is 314 g/mol. The Balaban J connectivity index is 2.01. The summed E-state index contributed by atoms with van der Waals surface area (Å²) in [7, 11) is 0. The number of anilines is 1. The van der Waals surface area contributed by atoms with Crippen molar-refractivity contribution in [3.8, 4) is 11.1 Å². The molecule has 0 aliphatic heterocycles. The van der Waals surface area contributed by atoms with E-state index in [1.165, 1.54) is 12.1 Å². The zero-order valence-corrected chi connectivity index (χ0v) is 12.8. The molecule has 0 bridgehead atoms. The fourth-order valence-corrected chi connectivity index (χ4v) is 3.17. The van der Waals surface area contributed by atoms with Crippen LogP contribution in [0.25, 0.3) is 32.7 Å². The van der Waals surface area contributed by atoms with E-state index in [1.807, 2.05) is 24.3 Å². The molecule has 0 unspecified atom stereocenters. The van der Waals surface area contributed by atoms with Gasteiger partial charge in [0.15, 0.2) is 0 Å². The molecule has 0 saturated carbocycles. The van der Waals surface area contributed by atoms with Gasteiger partial charge in [0.1, 0.15) is 0 Å². The second-order valence-corrected chi connectivity index (χ2v) is 5.72. The van der Waals surface area contributed by atoms with E-state index in [0.717, 1.165) is 38.4 Å². The van der Waals surface area contributed by atoms with Crippen LogP contribution >= 0.6 is 0 Å². The number of hydrogen-bond donors (Lipinski definition) is 1. The van der Waals surface area contributed by atoms with Gasteiger partial charge in [0, 0.05) is 23.2 Å². The van der Waals surface area contributed by atoms with Gasteiger partial charge in [-0.25, -0.2) is 0 Å². The molecule has 4 aromatic rings. The molecule has 116 valence electrons.